The number of fused-ring (bicyclic) bond motifs is 3. The van der Waals surface area contributed by atoms with Crippen LogP contribution >= 0.6 is 0 Å². The molecule has 1 unspecified atom stereocenters. The molecule has 0 saturated heterocycles. The van der Waals surface area contributed by atoms with E-state index < -0.39 is 0 Å². The van der Waals surface area contributed by atoms with Gasteiger partial charge in [0.15, 0.2) is 12.2 Å². The van der Waals surface area contributed by atoms with Gasteiger partial charge in [0.2, 0.25) is 5.69 Å². The first kappa shape index (κ1) is 13.3. The van der Waals surface area contributed by atoms with E-state index in [0.717, 1.165) is 6.42 Å². The summed E-state index contributed by atoms with van der Waals surface area (Å²) in [6, 6.07) is 22.5. The Morgan fingerprint density at radius 3 is 2.50 bits per heavy atom. The Morgan fingerprint density at radius 2 is 1.73 bits per heavy atom. The smallest absolute Gasteiger partial charge is 0.191 e. The maximum Gasteiger partial charge on any atom is 0.213 e. The van der Waals surface area contributed by atoms with Gasteiger partial charge in [-0.2, -0.15) is 4.57 Å². The van der Waals surface area contributed by atoms with Crippen molar-refractivity contribution >= 4 is 0 Å². The van der Waals surface area contributed by atoms with Gasteiger partial charge in [0.1, 0.15) is 0 Å². The molecule has 0 spiro atoms. The molecule has 0 N–H and O–H groups in total. The van der Waals surface area contributed by atoms with Crippen molar-refractivity contribution in [2.75, 3.05) is 0 Å². The second kappa shape index (κ2) is 5.10. The fourth-order valence-corrected chi connectivity index (χ4v) is 3.55. The molecular weight excluding hydrogens is 266 g/mol. The average Bonchev–Trinajstić information content (AvgIpc) is 2.87. The highest BCUT2D eigenvalue weighted by atomic mass is 15.0. The Morgan fingerprint density at radius 1 is 0.909 bits per heavy atom. The van der Waals surface area contributed by atoms with Gasteiger partial charge < -0.3 is 0 Å². The molecule has 1 nitrogen and oxygen atoms in total. The number of nitrogens with zero attached hydrogens (tertiary/aromatic N) is 1. The summed E-state index contributed by atoms with van der Waals surface area (Å²) in [4.78, 5) is 0. The summed E-state index contributed by atoms with van der Waals surface area (Å²) in [7, 11) is 0. The molecule has 3 aromatic rings. The third-order valence-corrected chi connectivity index (χ3v) is 4.66. The van der Waals surface area contributed by atoms with Gasteiger partial charge in [-0.15, -0.1) is 0 Å². The fourth-order valence-electron chi connectivity index (χ4n) is 3.55. The van der Waals surface area contributed by atoms with Gasteiger partial charge in [-0.25, -0.2) is 0 Å². The highest BCUT2D eigenvalue weighted by molar-refractivity contribution is 5.73. The maximum atomic E-state index is 2.42. The molecule has 0 radical (unpaired) electrons. The molecule has 4 rings (SSSR count). The largest absolute Gasteiger partial charge is 0.213 e. The maximum absolute atomic E-state index is 2.42. The van der Waals surface area contributed by atoms with Gasteiger partial charge in [-0.05, 0) is 35.7 Å². The SMILES string of the molecule is CCC1c2cc(-c3ccccc3)ccc2-c2cc(C)cc[n+]21. The van der Waals surface area contributed by atoms with Gasteiger partial charge in [0.25, 0.3) is 0 Å². The number of rotatable bonds is 2. The van der Waals surface area contributed by atoms with E-state index in [1.54, 1.807) is 0 Å². The Hall–Kier alpha value is -2.41. The molecule has 108 valence electrons. The average molecular weight is 286 g/mol. The van der Waals surface area contributed by atoms with Crippen molar-refractivity contribution in [3.05, 3.63) is 78.0 Å². The van der Waals surface area contributed by atoms with Crippen LogP contribution < -0.4 is 4.57 Å². The highest BCUT2D eigenvalue weighted by Gasteiger charge is 2.35. The Balaban J connectivity index is 1.90. The Kier molecular flexibility index (Phi) is 3.07. The molecule has 2 heterocycles. The summed E-state index contributed by atoms with van der Waals surface area (Å²) < 4.78 is 2.42. The quantitative estimate of drug-likeness (QED) is 0.588. The van der Waals surface area contributed by atoms with Gasteiger partial charge in [0.05, 0.1) is 5.56 Å². The van der Waals surface area contributed by atoms with Crippen molar-refractivity contribution in [3.8, 4) is 22.4 Å². The van der Waals surface area contributed by atoms with Crippen molar-refractivity contribution in [1.29, 1.82) is 0 Å². The molecule has 1 heteroatoms. The van der Waals surface area contributed by atoms with Crippen LogP contribution in [0.25, 0.3) is 22.4 Å². The molecule has 0 aliphatic carbocycles. The molecule has 0 amide bonds. The molecule has 1 atom stereocenters. The molecule has 22 heavy (non-hydrogen) atoms. The molecule has 0 bridgehead atoms. The zero-order chi connectivity index (χ0) is 15.1. The van der Waals surface area contributed by atoms with E-state index in [-0.39, 0.29) is 0 Å². The van der Waals surface area contributed by atoms with Crippen LogP contribution in [0.3, 0.4) is 0 Å². The van der Waals surface area contributed by atoms with E-state index in [1.165, 1.54) is 33.5 Å². The number of hydrogen-bond donors (Lipinski definition) is 0. The van der Waals surface area contributed by atoms with Crippen molar-refractivity contribution in [2.24, 2.45) is 0 Å². The minimum absolute atomic E-state index is 0.453. The zero-order valence-electron chi connectivity index (χ0n) is 13.1. The van der Waals surface area contributed by atoms with Crippen LogP contribution in [0.15, 0.2) is 66.9 Å². The lowest BCUT2D eigenvalue weighted by Crippen LogP contribution is -2.37. The molecule has 0 fully saturated rings. The molecule has 2 aromatic carbocycles. The second-order valence-corrected chi connectivity index (χ2v) is 6.09. The van der Waals surface area contributed by atoms with Crippen molar-refractivity contribution in [3.63, 3.8) is 0 Å². The Bertz CT molecular complexity index is 834. The summed E-state index contributed by atoms with van der Waals surface area (Å²) in [5.74, 6) is 0. The lowest BCUT2D eigenvalue weighted by atomic mass is 9.95. The minimum atomic E-state index is 0.453. The third-order valence-electron chi connectivity index (χ3n) is 4.66. The zero-order valence-corrected chi connectivity index (χ0v) is 13.1. The van der Waals surface area contributed by atoms with E-state index in [0.29, 0.717) is 6.04 Å². The number of aryl methyl sites for hydroxylation is 1. The van der Waals surface area contributed by atoms with E-state index in [9.17, 15) is 0 Å². The van der Waals surface area contributed by atoms with Crippen molar-refractivity contribution < 1.29 is 4.57 Å². The van der Waals surface area contributed by atoms with Crippen LogP contribution in [0.5, 0.6) is 0 Å². The first-order valence-corrected chi connectivity index (χ1v) is 7.99. The number of hydrogen-bond acceptors (Lipinski definition) is 0. The molecular formula is C21H20N+. The van der Waals surface area contributed by atoms with E-state index in [2.05, 4.69) is 85.3 Å². The predicted octanol–water partition coefficient (Wildman–Crippen LogP) is 4.93. The summed E-state index contributed by atoms with van der Waals surface area (Å²) >= 11 is 0. The first-order valence-electron chi connectivity index (χ1n) is 7.99. The number of benzene rings is 2. The van der Waals surface area contributed by atoms with Gasteiger partial charge >= 0.3 is 0 Å². The standard InChI is InChI=1S/C21H20N/c1-3-20-19-14-17(16-7-5-4-6-8-16)9-10-18(19)21-13-15(2)11-12-22(20)21/h4-14,20H,3H2,1-2H3/q+1. The number of aromatic nitrogens is 1. The first-order chi connectivity index (χ1) is 10.8. The van der Waals surface area contributed by atoms with Crippen molar-refractivity contribution in [1.82, 2.24) is 0 Å². The number of pyridine rings is 1. The minimum Gasteiger partial charge on any atom is -0.191 e. The molecule has 1 aromatic heterocycles. The van der Waals surface area contributed by atoms with Gasteiger partial charge in [0, 0.05) is 24.1 Å². The predicted molar refractivity (Wildman–Crippen MR) is 90.7 cm³/mol. The topological polar surface area (TPSA) is 3.88 Å². The van der Waals surface area contributed by atoms with Crippen LogP contribution in [-0.2, 0) is 0 Å². The van der Waals surface area contributed by atoms with Crippen LogP contribution in [-0.4, -0.2) is 0 Å². The van der Waals surface area contributed by atoms with Crippen LogP contribution in [0, 0.1) is 6.92 Å². The van der Waals surface area contributed by atoms with E-state index in [4.69, 9.17) is 0 Å². The summed E-state index contributed by atoms with van der Waals surface area (Å²) in [5.41, 5.74) is 8.10. The summed E-state index contributed by atoms with van der Waals surface area (Å²) in [6.07, 6.45) is 3.35. The lowest BCUT2D eigenvalue weighted by molar-refractivity contribution is -0.698. The molecule has 1 aliphatic rings. The van der Waals surface area contributed by atoms with Gasteiger partial charge in [-0.1, -0.05) is 43.3 Å². The van der Waals surface area contributed by atoms with Crippen LogP contribution in [0.2, 0.25) is 0 Å². The second-order valence-electron chi connectivity index (χ2n) is 6.09. The van der Waals surface area contributed by atoms with E-state index >= 15 is 0 Å². The monoisotopic (exact) mass is 286 g/mol. The van der Waals surface area contributed by atoms with Crippen LogP contribution in [0.4, 0.5) is 0 Å². The summed E-state index contributed by atoms with van der Waals surface area (Å²) in [6.45, 7) is 4.43. The normalized spacial score (nSPS) is 15.5. The lowest BCUT2D eigenvalue weighted by Gasteiger charge is -2.07. The highest BCUT2D eigenvalue weighted by Crippen LogP contribution is 2.37. The summed E-state index contributed by atoms with van der Waals surface area (Å²) in [5, 5.41) is 0. The van der Waals surface area contributed by atoms with E-state index in [1.807, 2.05) is 0 Å². The van der Waals surface area contributed by atoms with Crippen molar-refractivity contribution in [2.45, 2.75) is 26.3 Å². The third kappa shape index (κ3) is 1.97. The van der Waals surface area contributed by atoms with Crippen LogP contribution in [0.1, 0.15) is 30.5 Å². The Labute approximate surface area is 131 Å². The van der Waals surface area contributed by atoms with Gasteiger partial charge in [-0.3, -0.25) is 0 Å². The fraction of sp³-hybridized carbons (Fsp3) is 0.190. The molecule has 0 saturated carbocycles. The molecule has 1 aliphatic heterocycles.